The second kappa shape index (κ2) is 7.84. The van der Waals surface area contributed by atoms with E-state index in [9.17, 15) is 4.79 Å². The smallest absolute Gasteiger partial charge is 0.410 e. The van der Waals surface area contributed by atoms with Gasteiger partial charge in [0.1, 0.15) is 5.60 Å². The second-order valence-corrected chi connectivity index (χ2v) is 6.83. The number of hydrogen-bond donors (Lipinski definition) is 1. The first kappa shape index (κ1) is 17.2. The Labute approximate surface area is 123 Å². The lowest BCUT2D eigenvalue weighted by molar-refractivity contribution is 0.00995. The largest absolute Gasteiger partial charge is 0.444 e. The van der Waals surface area contributed by atoms with Crippen molar-refractivity contribution < 1.29 is 9.53 Å². The van der Waals surface area contributed by atoms with Crippen molar-refractivity contribution in [1.29, 1.82) is 0 Å². The van der Waals surface area contributed by atoms with Gasteiger partial charge in [0.15, 0.2) is 0 Å². The number of hydrogen-bond acceptors (Lipinski definition) is 4. The molecular weight excluding hydrogens is 254 g/mol. The number of nitrogens with zero attached hydrogens (tertiary/aromatic N) is 2. The van der Waals surface area contributed by atoms with E-state index in [1.165, 1.54) is 6.42 Å². The quantitative estimate of drug-likeness (QED) is 0.784. The highest BCUT2D eigenvalue weighted by Gasteiger charge is 2.29. The molecular formula is C15H31N3O2. The summed E-state index contributed by atoms with van der Waals surface area (Å²) in [5.41, 5.74) is -0.419. The fourth-order valence-corrected chi connectivity index (χ4v) is 2.35. The Balaban J connectivity index is 2.43. The number of likely N-dealkylation sites (N-methyl/N-ethyl adjacent to an activating group) is 1. The minimum absolute atomic E-state index is 0.170. The SMILES string of the molecule is CN(C)CCNC[C@@H]1CCCCN1C(=O)OC(C)(C)C. The molecule has 0 unspecified atom stereocenters. The molecule has 5 nitrogen and oxygen atoms in total. The summed E-state index contributed by atoms with van der Waals surface area (Å²) in [6, 6.07) is 0.265. The van der Waals surface area contributed by atoms with E-state index in [-0.39, 0.29) is 12.1 Å². The Bertz CT molecular complexity index is 300. The molecule has 1 atom stereocenters. The van der Waals surface area contributed by atoms with Crippen LogP contribution in [-0.4, -0.2) is 67.8 Å². The van der Waals surface area contributed by atoms with E-state index >= 15 is 0 Å². The lowest BCUT2D eigenvalue weighted by Crippen LogP contribution is -2.50. The molecule has 0 radical (unpaired) electrons. The fraction of sp³-hybridized carbons (Fsp3) is 0.933. The molecule has 0 aliphatic carbocycles. The average molecular weight is 285 g/mol. The molecule has 5 heteroatoms. The first-order valence-corrected chi connectivity index (χ1v) is 7.64. The van der Waals surface area contributed by atoms with Gasteiger partial charge in [-0.05, 0) is 54.1 Å². The first-order valence-electron chi connectivity index (χ1n) is 7.64. The summed E-state index contributed by atoms with van der Waals surface area (Å²) in [5.74, 6) is 0. The van der Waals surface area contributed by atoms with E-state index in [2.05, 4.69) is 24.3 Å². The zero-order chi connectivity index (χ0) is 15.2. The molecule has 1 heterocycles. The van der Waals surface area contributed by atoms with Crippen molar-refractivity contribution in [3.8, 4) is 0 Å². The van der Waals surface area contributed by atoms with Crippen molar-refractivity contribution in [2.24, 2.45) is 0 Å². The minimum Gasteiger partial charge on any atom is -0.444 e. The molecule has 0 spiro atoms. The van der Waals surface area contributed by atoms with Crippen LogP contribution in [0, 0.1) is 0 Å². The van der Waals surface area contributed by atoms with Crippen LogP contribution < -0.4 is 5.32 Å². The molecule has 1 fully saturated rings. The molecule has 0 aromatic carbocycles. The van der Waals surface area contributed by atoms with Gasteiger partial charge in [-0.1, -0.05) is 0 Å². The maximum Gasteiger partial charge on any atom is 0.410 e. The maximum absolute atomic E-state index is 12.2. The van der Waals surface area contributed by atoms with Crippen molar-refractivity contribution >= 4 is 6.09 Å². The first-order chi connectivity index (χ1) is 9.29. The highest BCUT2D eigenvalue weighted by molar-refractivity contribution is 5.68. The Morgan fingerprint density at radius 3 is 2.65 bits per heavy atom. The summed E-state index contributed by atoms with van der Waals surface area (Å²) in [7, 11) is 4.13. The molecule has 0 aromatic rings. The number of rotatable bonds is 5. The van der Waals surface area contributed by atoms with Crippen LogP contribution in [0.3, 0.4) is 0 Å². The van der Waals surface area contributed by atoms with E-state index in [0.29, 0.717) is 0 Å². The van der Waals surface area contributed by atoms with Gasteiger partial charge in [-0.25, -0.2) is 4.79 Å². The standard InChI is InChI=1S/C15H31N3O2/c1-15(2,3)20-14(19)18-10-7-6-8-13(18)12-16-9-11-17(4)5/h13,16H,6-12H2,1-5H3/t13-/m0/s1. The van der Waals surface area contributed by atoms with E-state index < -0.39 is 5.60 Å². The third-order valence-electron chi connectivity index (χ3n) is 3.37. The van der Waals surface area contributed by atoms with Gasteiger partial charge in [0.05, 0.1) is 0 Å². The summed E-state index contributed by atoms with van der Waals surface area (Å²) < 4.78 is 5.50. The fourth-order valence-electron chi connectivity index (χ4n) is 2.35. The lowest BCUT2D eigenvalue weighted by Gasteiger charge is -2.37. The zero-order valence-corrected chi connectivity index (χ0v) is 13.7. The Kier molecular flexibility index (Phi) is 6.76. The lowest BCUT2D eigenvalue weighted by atomic mass is 10.0. The summed E-state index contributed by atoms with van der Waals surface area (Å²) in [5, 5.41) is 3.44. The van der Waals surface area contributed by atoms with Crippen LogP contribution in [0.4, 0.5) is 4.79 Å². The van der Waals surface area contributed by atoms with Crippen LogP contribution in [0.25, 0.3) is 0 Å². The predicted octanol–water partition coefficient (Wildman–Crippen LogP) is 1.93. The van der Waals surface area contributed by atoms with Crippen molar-refractivity contribution in [2.75, 3.05) is 40.3 Å². The number of amides is 1. The van der Waals surface area contributed by atoms with Gasteiger partial charge in [0.25, 0.3) is 0 Å². The van der Waals surface area contributed by atoms with Crippen LogP contribution in [0.15, 0.2) is 0 Å². The van der Waals surface area contributed by atoms with Crippen molar-refractivity contribution in [3.63, 3.8) is 0 Å². The van der Waals surface area contributed by atoms with Gasteiger partial charge in [-0.15, -0.1) is 0 Å². The number of carbonyl (C=O) groups excluding carboxylic acids is 1. The normalized spacial score (nSPS) is 20.3. The molecule has 0 aromatic heterocycles. The van der Waals surface area contributed by atoms with Crippen LogP contribution >= 0.6 is 0 Å². The summed E-state index contributed by atoms with van der Waals surface area (Å²) in [6.07, 6.45) is 3.16. The topological polar surface area (TPSA) is 44.8 Å². The van der Waals surface area contributed by atoms with Gasteiger partial charge in [-0.2, -0.15) is 0 Å². The molecule has 1 aliphatic rings. The monoisotopic (exact) mass is 285 g/mol. The summed E-state index contributed by atoms with van der Waals surface area (Å²) in [6.45, 7) is 9.38. The zero-order valence-electron chi connectivity index (χ0n) is 13.7. The molecule has 20 heavy (non-hydrogen) atoms. The van der Waals surface area contributed by atoms with E-state index in [1.807, 2.05) is 25.7 Å². The van der Waals surface area contributed by atoms with Crippen LogP contribution in [0.2, 0.25) is 0 Å². The van der Waals surface area contributed by atoms with Crippen molar-refractivity contribution in [3.05, 3.63) is 0 Å². The van der Waals surface area contributed by atoms with Crippen LogP contribution in [-0.2, 0) is 4.74 Å². The molecule has 1 N–H and O–H groups in total. The maximum atomic E-state index is 12.2. The third-order valence-corrected chi connectivity index (χ3v) is 3.37. The van der Waals surface area contributed by atoms with E-state index in [0.717, 1.165) is 39.0 Å². The molecule has 118 valence electrons. The second-order valence-electron chi connectivity index (χ2n) is 6.83. The van der Waals surface area contributed by atoms with Crippen LogP contribution in [0.5, 0.6) is 0 Å². The molecule has 1 amide bonds. The Morgan fingerprint density at radius 2 is 2.05 bits per heavy atom. The van der Waals surface area contributed by atoms with Gasteiger partial charge < -0.3 is 19.9 Å². The number of ether oxygens (including phenoxy) is 1. The van der Waals surface area contributed by atoms with Gasteiger partial charge >= 0.3 is 6.09 Å². The van der Waals surface area contributed by atoms with Gasteiger partial charge in [0, 0.05) is 32.2 Å². The number of likely N-dealkylation sites (tertiary alicyclic amines) is 1. The summed E-state index contributed by atoms with van der Waals surface area (Å²) >= 11 is 0. The highest BCUT2D eigenvalue weighted by Crippen LogP contribution is 2.19. The predicted molar refractivity (Wildman–Crippen MR) is 82.0 cm³/mol. The molecule has 1 rings (SSSR count). The van der Waals surface area contributed by atoms with Crippen molar-refractivity contribution in [1.82, 2.24) is 15.1 Å². The molecule has 0 saturated carbocycles. The molecule has 1 saturated heterocycles. The number of piperidine rings is 1. The third kappa shape index (κ3) is 6.57. The van der Waals surface area contributed by atoms with E-state index in [4.69, 9.17) is 4.74 Å². The van der Waals surface area contributed by atoms with Crippen LogP contribution in [0.1, 0.15) is 40.0 Å². The molecule has 0 bridgehead atoms. The van der Waals surface area contributed by atoms with Gasteiger partial charge in [-0.3, -0.25) is 0 Å². The minimum atomic E-state index is -0.419. The highest BCUT2D eigenvalue weighted by atomic mass is 16.6. The average Bonchev–Trinajstić information content (AvgIpc) is 2.32. The summed E-state index contributed by atoms with van der Waals surface area (Å²) in [4.78, 5) is 16.3. The Morgan fingerprint density at radius 1 is 1.35 bits per heavy atom. The molecule has 1 aliphatic heterocycles. The number of nitrogens with one attached hydrogen (secondary N) is 1. The van der Waals surface area contributed by atoms with Crippen molar-refractivity contribution in [2.45, 2.75) is 51.7 Å². The van der Waals surface area contributed by atoms with E-state index in [1.54, 1.807) is 0 Å². The number of carbonyl (C=O) groups is 1. The van der Waals surface area contributed by atoms with Gasteiger partial charge in [0.2, 0.25) is 0 Å². The Hall–Kier alpha value is -0.810.